The lowest BCUT2D eigenvalue weighted by Crippen LogP contribution is -2.08. The van der Waals surface area contributed by atoms with E-state index in [1.165, 1.54) is 70.6 Å². The van der Waals surface area contributed by atoms with Gasteiger partial charge in [-0.3, -0.25) is 0 Å². The Kier molecular flexibility index (Phi) is 18.3. The lowest BCUT2D eigenvalue weighted by atomic mass is 10.1. The molecule has 154 valence electrons. The Morgan fingerprint density at radius 2 is 1.12 bits per heavy atom. The van der Waals surface area contributed by atoms with Crippen LogP contribution in [0.3, 0.4) is 0 Å². The molecule has 0 saturated carbocycles. The van der Waals surface area contributed by atoms with Crippen LogP contribution < -0.4 is 0 Å². The van der Waals surface area contributed by atoms with E-state index in [4.69, 9.17) is 4.74 Å². The van der Waals surface area contributed by atoms with Crippen LogP contribution >= 0.6 is 0 Å². The number of carbonyl (C=O) groups excluding carboxylic acids is 1. The summed E-state index contributed by atoms with van der Waals surface area (Å²) in [6.45, 7) is 6.37. The summed E-state index contributed by atoms with van der Waals surface area (Å²) in [6, 6.07) is 0. The molecule has 3 heteroatoms. The molecule has 0 aromatic carbocycles. The van der Waals surface area contributed by atoms with Gasteiger partial charge in [0.2, 0.25) is 0 Å². The Hall–Kier alpha value is -0.860. The molecule has 0 aliphatic rings. The van der Waals surface area contributed by atoms with Crippen molar-refractivity contribution >= 4 is 5.97 Å². The van der Waals surface area contributed by atoms with Crippen LogP contribution in [-0.4, -0.2) is 12.6 Å². The minimum atomic E-state index is -0.481. The number of allylic oxidation sites excluding steroid dienone is 1. The zero-order valence-electron chi connectivity index (χ0n) is 17.7. The predicted octanol–water partition coefficient (Wildman–Crippen LogP) is 8.05. The van der Waals surface area contributed by atoms with E-state index in [1.54, 1.807) is 6.92 Å². The molecule has 0 rings (SSSR count). The number of ether oxygens (including phenoxy) is 1. The van der Waals surface area contributed by atoms with Gasteiger partial charge in [-0.15, -0.1) is 0 Å². The first-order chi connectivity index (χ1) is 12.6. The number of esters is 1. The fraction of sp³-hybridized carbons (Fsp3) is 0.870. The van der Waals surface area contributed by atoms with Gasteiger partial charge in [0, 0.05) is 0 Å². The van der Waals surface area contributed by atoms with Crippen molar-refractivity contribution in [3.05, 3.63) is 11.4 Å². The Labute approximate surface area is 162 Å². The molecule has 0 N–H and O–H groups in total. The number of carbonyl (C=O) groups is 1. The van der Waals surface area contributed by atoms with E-state index >= 15 is 0 Å². The SMILES string of the molecule is CCCCCCCCCCCCC(F)=C(C)C(=O)OCCCCCCC. The minimum absolute atomic E-state index is 0.162. The summed E-state index contributed by atoms with van der Waals surface area (Å²) in [7, 11) is 0. The summed E-state index contributed by atoms with van der Waals surface area (Å²) in [5, 5.41) is 0. The first kappa shape index (κ1) is 25.1. The summed E-state index contributed by atoms with van der Waals surface area (Å²) in [6.07, 6.45) is 18.2. The van der Waals surface area contributed by atoms with Gasteiger partial charge in [-0.2, -0.15) is 0 Å². The maximum absolute atomic E-state index is 14.0. The molecule has 0 radical (unpaired) electrons. The highest BCUT2D eigenvalue weighted by Gasteiger charge is 2.12. The molecule has 2 nitrogen and oxygen atoms in total. The van der Waals surface area contributed by atoms with Crippen molar-refractivity contribution in [1.82, 2.24) is 0 Å². The number of halogens is 1. The molecule has 0 aliphatic heterocycles. The molecule has 0 spiro atoms. The normalized spacial score (nSPS) is 12.2. The molecule has 0 amide bonds. The first-order valence-electron chi connectivity index (χ1n) is 11.2. The highest BCUT2D eigenvalue weighted by Crippen LogP contribution is 2.18. The zero-order chi connectivity index (χ0) is 19.5. The van der Waals surface area contributed by atoms with E-state index in [0.717, 1.165) is 25.7 Å². The minimum Gasteiger partial charge on any atom is -0.462 e. The third-order valence-electron chi connectivity index (χ3n) is 4.94. The zero-order valence-corrected chi connectivity index (χ0v) is 17.7. The first-order valence-corrected chi connectivity index (χ1v) is 11.2. The molecule has 0 aliphatic carbocycles. The summed E-state index contributed by atoms with van der Waals surface area (Å²) < 4.78 is 19.2. The van der Waals surface area contributed by atoms with Crippen molar-refractivity contribution in [3.8, 4) is 0 Å². The van der Waals surface area contributed by atoms with E-state index in [-0.39, 0.29) is 11.4 Å². The third kappa shape index (κ3) is 15.4. The van der Waals surface area contributed by atoms with Crippen molar-refractivity contribution in [1.29, 1.82) is 0 Å². The average molecular weight is 371 g/mol. The fourth-order valence-electron chi connectivity index (χ4n) is 3.04. The lowest BCUT2D eigenvalue weighted by molar-refractivity contribution is -0.139. The third-order valence-corrected chi connectivity index (χ3v) is 4.94. The summed E-state index contributed by atoms with van der Waals surface area (Å²) in [4.78, 5) is 11.8. The summed E-state index contributed by atoms with van der Waals surface area (Å²) in [5.41, 5.74) is 0.162. The number of hydrogen-bond donors (Lipinski definition) is 0. The van der Waals surface area contributed by atoms with Crippen molar-refractivity contribution < 1.29 is 13.9 Å². The largest absolute Gasteiger partial charge is 0.462 e. The molecule has 0 aromatic heterocycles. The van der Waals surface area contributed by atoms with Crippen molar-refractivity contribution in [2.45, 2.75) is 124 Å². The van der Waals surface area contributed by atoms with E-state index in [9.17, 15) is 9.18 Å². The molecule has 0 aromatic rings. The standard InChI is InChI=1S/C23H43FO2/c1-4-6-8-10-11-12-13-14-15-17-19-22(24)21(3)23(25)26-20-18-16-9-7-5-2/h4-20H2,1-3H3. The highest BCUT2D eigenvalue weighted by molar-refractivity contribution is 5.88. The van der Waals surface area contributed by atoms with Gasteiger partial charge in [0.15, 0.2) is 0 Å². The molecule has 0 bridgehead atoms. The second-order valence-corrected chi connectivity index (χ2v) is 7.51. The van der Waals surface area contributed by atoms with Gasteiger partial charge in [-0.05, 0) is 26.2 Å². The average Bonchev–Trinajstić information content (AvgIpc) is 2.65. The van der Waals surface area contributed by atoms with Gasteiger partial charge in [0.05, 0.1) is 12.2 Å². The number of unbranched alkanes of at least 4 members (excludes halogenated alkanes) is 13. The second-order valence-electron chi connectivity index (χ2n) is 7.51. The maximum Gasteiger partial charge on any atom is 0.336 e. The van der Waals surface area contributed by atoms with Gasteiger partial charge in [-0.25, -0.2) is 9.18 Å². The van der Waals surface area contributed by atoms with E-state index < -0.39 is 5.97 Å². The Morgan fingerprint density at radius 3 is 1.62 bits per heavy atom. The van der Waals surface area contributed by atoms with Crippen LogP contribution in [0.25, 0.3) is 0 Å². The van der Waals surface area contributed by atoms with Crippen LogP contribution in [0.4, 0.5) is 4.39 Å². The van der Waals surface area contributed by atoms with Crippen molar-refractivity contribution in [3.63, 3.8) is 0 Å². The van der Waals surface area contributed by atoms with Crippen LogP contribution in [0.1, 0.15) is 124 Å². The Bertz CT molecular complexity index is 363. The number of rotatable bonds is 18. The van der Waals surface area contributed by atoms with Gasteiger partial charge in [-0.1, -0.05) is 97.3 Å². The van der Waals surface area contributed by atoms with E-state index in [1.807, 2.05) is 0 Å². The monoisotopic (exact) mass is 370 g/mol. The van der Waals surface area contributed by atoms with Gasteiger partial charge >= 0.3 is 5.97 Å². The van der Waals surface area contributed by atoms with Gasteiger partial charge in [0.25, 0.3) is 0 Å². The quantitative estimate of drug-likeness (QED) is 0.138. The predicted molar refractivity (Wildman–Crippen MR) is 110 cm³/mol. The summed E-state index contributed by atoms with van der Waals surface area (Å²) >= 11 is 0. The van der Waals surface area contributed by atoms with Crippen molar-refractivity contribution in [2.75, 3.05) is 6.61 Å². The molecule has 0 heterocycles. The maximum atomic E-state index is 14.0. The second kappa shape index (κ2) is 18.9. The number of hydrogen-bond acceptors (Lipinski definition) is 2. The van der Waals surface area contributed by atoms with E-state index in [0.29, 0.717) is 13.0 Å². The van der Waals surface area contributed by atoms with E-state index in [2.05, 4.69) is 13.8 Å². The fourth-order valence-corrected chi connectivity index (χ4v) is 3.04. The molecular formula is C23H43FO2. The van der Waals surface area contributed by atoms with Gasteiger partial charge in [0.1, 0.15) is 5.83 Å². The Balaban J connectivity index is 3.65. The Morgan fingerprint density at radius 1 is 0.692 bits per heavy atom. The summed E-state index contributed by atoms with van der Waals surface area (Å²) in [5.74, 6) is -0.773. The topological polar surface area (TPSA) is 26.3 Å². The highest BCUT2D eigenvalue weighted by atomic mass is 19.1. The molecular weight excluding hydrogens is 327 g/mol. The van der Waals surface area contributed by atoms with Crippen LogP contribution in [0.2, 0.25) is 0 Å². The van der Waals surface area contributed by atoms with Crippen molar-refractivity contribution in [2.24, 2.45) is 0 Å². The van der Waals surface area contributed by atoms with Crippen LogP contribution in [0.15, 0.2) is 11.4 Å². The molecule has 0 atom stereocenters. The molecule has 0 saturated heterocycles. The molecule has 26 heavy (non-hydrogen) atoms. The molecule has 0 unspecified atom stereocenters. The van der Waals surface area contributed by atoms with Crippen LogP contribution in [0.5, 0.6) is 0 Å². The smallest absolute Gasteiger partial charge is 0.336 e. The van der Waals surface area contributed by atoms with Crippen LogP contribution in [0, 0.1) is 0 Å². The van der Waals surface area contributed by atoms with Gasteiger partial charge < -0.3 is 4.74 Å². The van der Waals surface area contributed by atoms with Crippen LogP contribution in [-0.2, 0) is 9.53 Å². The lowest BCUT2D eigenvalue weighted by Gasteiger charge is -2.07. The molecule has 0 fully saturated rings.